The molecule has 17 heavy (non-hydrogen) atoms. The quantitative estimate of drug-likeness (QED) is 0.778. The molecule has 0 bridgehead atoms. The summed E-state index contributed by atoms with van der Waals surface area (Å²) in [7, 11) is 0. The van der Waals surface area contributed by atoms with E-state index in [4.69, 9.17) is 4.74 Å². The van der Waals surface area contributed by atoms with Crippen molar-refractivity contribution in [1.82, 2.24) is 10.6 Å². The van der Waals surface area contributed by atoms with Crippen LogP contribution in [-0.2, 0) is 11.3 Å². The highest BCUT2D eigenvalue weighted by Crippen LogP contribution is 2.14. The van der Waals surface area contributed by atoms with Crippen molar-refractivity contribution in [2.24, 2.45) is 0 Å². The van der Waals surface area contributed by atoms with Crippen LogP contribution in [0.1, 0.15) is 5.56 Å². The van der Waals surface area contributed by atoms with E-state index in [1.165, 1.54) is 10.5 Å². The van der Waals surface area contributed by atoms with Crippen LogP contribution in [0.5, 0.6) is 0 Å². The summed E-state index contributed by atoms with van der Waals surface area (Å²) in [6.45, 7) is 4.51. The maximum Gasteiger partial charge on any atom is 0.0632 e. The predicted molar refractivity (Wildman–Crippen MR) is 72.5 cm³/mol. The molecule has 1 aliphatic rings. The molecule has 0 radical (unpaired) electrons. The van der Waals surface area contributed by atoms with Crippen molar-refractivity contribution in [2.45, 2.75) is 17.5 Å². The lowest BCUT2D eigenvalue weighted by molar-refractivity contribution is 0.0766. The van der Waals surface area contributed by atoms with Crippen LogP contribution in [0.3, 0.4) is 0 Å². The first-order chi connectivity index (χ1) is 8.38. The molecule has 0 amide bonds. The lowest BCUT2D eigenvalue weighted by Gasteiger charge is -2.24. The molecular weight excluding hydrogens is 232 g/mol. The van der Waals surface area contributed by atoms with E-state index in [1.807, 2.05) is 0 Å². The maximum absolute atomic E-state index is 5.41. The second-order valence-corrected chi connectivity index (χ2v) is 5.08. The highest BCUT2D eigenvalue weighted by atomic mass is 32.2. The molecule has 1 aliphatic heterocycles. The first-order valence-electron chi connectivity index (χ1n) is 6.03. The molecule has 0 aliphatic carbocycles. The molecule has 1 fully saturated rings. The molecule has 94 valence electrons. The van der Waals surface area contributed by atoms with Crippen LogP contribution in [0.25, 0.3) is 0 Å². The summed E-state index contributed by atoms with van der Waals surface area (Å²) >= 11 is 1.78. The fourth-order valence-electron chi connectivity index (χ4n) is 1.88. The van der Waals surface area contributed by atoms with Gasteiger partial charge in [0.25, 0.3) is 0 Å². The highest BCUT2D eigenvalue weighted by Gasteiger charge is 2.11. The van der Waals surface area contributed by atoms with Crippen molar-refractivity contribution in [2.75, 3.05) is 32.6 Å². The number of hydrogen-bond acceptors (Lipinski definition) is 4. The first-order valence-corrected chi connectivity index (χ1v) is 7.26. The number of thioether (sulfide) groups is 1. The topological polar surface area (TPSA) is 33.3 Å². The zero-order valence-corrected chi connectivity index (χ0v) is 11.1. The van der Waals surface area contributed by atoms with Crippen molar-refractivity contribution in [3.8, 4) is 0 Å². The number of hydrogen-bond donors (Lipinski definition) is 2. The van der Waals surface area contributed by atoms with E-state index < -0.39 is 0 Å². The fourth-order valence-corrected chi connectivity index (χ4v) is 2.29. The van der Waals surface area contributed by atoms with Crippen LogP contribution in [0.2, 0.25) is 0 Å². The minimum Gasteiger partial charge on any atom is -0.378 e. The average molecular weight is 252 g/mol. The molecule has 1 aromatic carbocycles. The normalized spacial score (nSPS) is 20.4. The molecule has 0 aromatic heterocycles. The lowest BCUT2D eigenvalue weighted by atomic mass is 10.2. The summed E-state index contributed by atoms with van der Waals surface area (Å²) in [6.07, 6.45) is 2.10. The molecule has 3 nitrogen and oxygen atoms in total. The Morgan fingerprint density at radius 2 is 2.24 bits per heavy atom. The Hall–Kier alpha value is -0.550. The van der Waals surface area contributed by atoms with E-state index in [-0.39, 0.29) is 0 Å². The molecule has 1 atom stereocenters. The van der Waals surface area contributed by atoms with Gasteiger partial charge in [-0.1, -0.05) is 12.1 Å². The Labute approximate surface area is 107 Å². The summed E-state index contributed by atoms with van der Waals surface area (Å²) in [5.74, 6) is 0. The molecular formula is C13H20N2OS. The Morgan fingerprint density at radius 3 is 2.88 bits per heavy atom. The van der Waals surface area contributed by atoms with Gasteiger partial charge in [0.2, 0.25) is 0 Å². The van der Waals surface area contributed by atoms with Gasteiger partial charge in [0, 0.05) is 30.6 Å². The Morgan fingerprint density at radius 1 is 1.41 bits per heavy atom. The smallest absolute Gasteiger partial charge is 0.0632 e. The Kier molecular flexibility index (Phi) is 5.32. The molecule has 2 rings (SSSR count). The molecule has 1 saturated heterocycles. The molecule has 2 N–H and O–H groups in total. The van der Waals surface area contributed by atoms with Crippen molar-refractivity contribution in [3.05, 3.63) is 29.8 Å². The predicted octanol–water partition coefficient (Wildman–Crippen LogP) is 1.49. The number of morpholine rings is 1. The van der Waals surface area contributed by atoms with Crippen molar-refractivity contribution >= 4 is 11.8 Å². The Balaban J connectivity index is 1.69. The molecule has 0 saturated carbocycles. The van der Waals surface area contributed by atoms with Gasteiger partial charge in [0.05, 0.1) is 13.2 Å². The van der Waals surface area contributed by atoms with Gasteiger partial charge in [-0.3, -0.25) is 0 Å². The van der Waals surface area contributed by atoms with Crippen molar-refractivity contribution in [1.29, 1.82) is 0 Å². The number of nitrogens with one attached hydrogen (secondary N) is 2. The van der Waals surface area contributed by atoms with E-state index in [0.717, 1.165) is 32.8 Å². The molecule has 0 spiro atoms. The van der Waals surface area contributed by atoms with Gasteiger partial charge in [-0.25, -0.2) is 0 Å². The lowest BCUT2D eigenvalue weighted by Crippen LogP contribution is -2.47. The number of rotatable bonds is 5. The number of ether oxygens (including phenoxy) is 1. The largest absolute Gasteiger partial charge is 0.378 e. The zero-order valence-electron chi connectivity index (χ0n) is 10.2. The average Bonchev–Trinajstić information content (AvgIpc) is 2.41. The van der Waals surface area contributed by atoms with Crippen LogP contribution in [0.15, 0.2) is 29.2 Å². The second kappa shape index (κ2) is 7.01. The van der Waals surface area contributed by atoms with Crippen LogP contribution < -0.4 is 10.6 Å². The minimum absolute atomic E-state index is 0.453. The van der Waals surface area contributed by atoms with E-state index in [1.54, 1.807) is 11.8 Å². The summed E-state index contributed by atoms with van der Waals surface area (Å²) < 4.78 is 5.41. The van der Waals surface area contributed by atoms with Gasteiger partial charge in [0.1, 0.15) is 0 Å². The summed E-state index contributed by atoms with van der Waals surface area (Å²) in [5.41, 5.74) is 1.33. The SMILES string of the molecule is CSc1ccc(CNCC2COCCN2)cc1. The molecule has 1 heterocycles. The van der Waals surface area contributed by atoms with Crippen molar-refractivity contribution < 1.29 is 4.74 Å². The van der Waals surface area contributed by atoms with Crippen LogP contribution in [0, 0.1) is 0 Å². The zero-order chi connectivity index (χ0) is 11.9. The molecule has 1 unspecified atom stereocenters. The summed E-state index contributed by atoms with van der Waals surface area (Å²) in [4.78, 5) is 1.32. The molecule has 4 heteroatoms. The fraction of sp³-hybridized carbons (Fsp3) is 0.538. The highest BCUT2D eigenvalue weighted by molar-refractivity contribution is 7.98. The van der Waals surface area contributed by atoms with Crippen LogP contribution >= 0.6 is 11.8 Å². The van der Waals surface area contributed by atoms with Gasteiger partial charge in [0.15, 0.2) is 0 Å². The van der Waals surface area contributed by atoms with Gasteiger partial charge in [-0.05, 0) is 24.0 Å². The molecule has 1 aromatic rings. The first kappa shape index (κ1) is 12.9. The van der Waals surface area contributed by atoms with Gasteiger partial charge in [-0.15, -0.1) is 11.8 Å². The summed E-state index contributed by atoms with van der Waals surface area (Å²) in [6, 6.07) is 9.16. The monoisotopic (exact) mass is 252 g/mol. The third-order valence-electron chi connectivity index (χ3n) is 2.88. The van der Waals surface area contributed by atoms with Crippen molar-refractivity contribution in [3.63, 3.8) is 0 Å². The van der Waals surface area contributed by atoms with Crippen LogP contribution in [-0.4, -0.2) is 38.6 Å². The third kappa shape index (κ3) is 4.32. The summed E-state index contributed by atoms with van der Waals surface area (Å²) in [5, 5.41) is 6.89. The van der Waals surface area contributed by atoms with Crippen LogP contribution in [0.4, 0.5) is 0 Å². The standard InChI is InChI=1S/C13H20N2OS/c1-17-13-4-2-11(3-5-13)8-14-9-12-10-16-7-6-15-12/h2-5,12,14-15H,6-10H2,1H3. The maximum atomic E-state index is 5.41. The van der Waals surface area contributed by atoms with E-state index in [9.17, 15) is 0 Å². The van der Waals surface area contributed by atoms with Gasteiger partial charge in [-0.2, -0.15) is 0 Å². The second-order valence-electron chi connectivity index (χ2n) is 4.20. The third-order valence-corrected chi connectivity index (χ3v) is 3.62. The van der Waals surface area contributed by atoms with Gasteiger partial charge < -0.3 is 15.4 Å². The Bertz CT molecular complexity index is 323. The van der Waals surface area contributed by atoms with E-state index in [2.05, 4.69) is 41.2 Å². The minimum atomic E-state index is 0.453. The van der Waals surface area contributed by atoms with E-state index in [0.29, 0.717) is 6.04 Å². The van der Waals surface area contributed by atoms with Gasteiger partial charge >= 0.3 is 0 Å². The van der Waals surface area contributed by atoms with E-state index >= 15 is 0 Å². The number of benzene rings is 1.